The van der Waals surface area contributed by atoms with Crippen LogP contribution in [0.5, 0.6) is 0 Å². The molecule has 6 nitrogen and oxygen atoms in total. The van der Waals surface area contributed by atoms with Crippen molar-refractivity contribution >= 4 is 0 Å². The molecule has 9 heteroatoms. The second kappa shape index (κ2) is 6.14. The standard InChI is InChI=1S/C15H19F3N6/c1-14(2)10-23(8-7-19-14)9-13-20-21-22-24(13)12-5-3-11(4-6-12)15(16,17)18/h3-6,19H,7-10H2,1-2H3. The van der Waals surface area contributed by atoms with Gasteiger partial charge in [-0.3, -0.25) is 4.90 Å². The molecule has 0 unspecified atom stereocenters. The van der Waals surface area contributed by atoms with E-state index >= 15 is 0 Å². The van der Waals surface area contributed by atoms with Crippen LogP contribution in [0, 0.1) is 0 Å². The van der Waals surface area contributed by atoms with Crippen molar-refractivity contribution in [2.24, 2.45) is 0 Å². The molecule has 0 atom stereocenters. The summed E-state index contributed by atoms with van der Waals surface area (Å²) in [5, 5.41) is 15.0. The number of aromatic nitrogens is 4. The van der Waals surface area contributed by atoms with Crippen molar-refractivity contribution in [3.8, 4) is 5.69 Å². The van der Waals surface area contributed by atoms with Crippen LogP contribution in [0.3, 0.4) is 0 Å². The first-order valence-corrected chi connectivity index (χ1v) is 7.67. The summed E-state index contributed by atoms with van der Waals surface area (Å²) in [6, 6.07) is 4.83. The number of benzene rings is 1. The van der Waals surface area contributed by atoms with E-state index in [0.29, 0.717) is 18.1 Å². The zero-order chi connectivity index (χ0) is 17.4. The molecule has 1 aromatic carbocycles. The molecule has 1 saturated heterocycles. The third-order valence-electron chi connectivity index (χ3n) is 3.99. The molecule has 3 rings (SSSR count). The fourth-order valence-electron chi connectivity index (χ4n) is 2.88. The van der Waals surface area contributed by atoms with Crippen molar-refractivity contribution in [2.45, 2.75) is 32.1 Å². The molecule has 0 radical (unpaired) electrons. The molecule has 130 valence electrons. The number of hydrogen-bond donors (Lipinski definition) is 1. The van der Waals surface area contributed by atoms with Crippen molar-refractivity contribution < 1.29 is 13.2 Å². The number of alkyl halides is 3. The van der Waals surface area contributed by atoms with Gasteiger partial charge in [0.05, 0.1) is 17.8 Å². The molecule has 1 aromatic heterocycles. The van der Waals surface area contributed by atoms with Crippen LogP contribution >= 0.6 is 0 Å². The van der Waals surface area contributed by atoms with E-state index in [4.69, 9.17) is 0 Å². The molecule has 1 aliphatic heterocycles. The molecule has 2 heterocycles. The van der Waals surface area contributed by atoms with Crippen molar-refractivity contribution in [3.05, 3.63) is 35.7 Å². The molecule has 0 saturated carbocycles. The normalized spacial score (nSPS) is 18.7. The third kappa shape index (κ3) is 3.73. The number of nitrogens with zero attached hydrogens (tertiary/aromatic N) is 5. The van der Waals surface area contributed by atoms with Crippen LogP contribution in [0.1, 0.15) is 25.2 Å². The van der Waals surface area contributed by atoms with Gasteiger partial charge < -0.3 is 5.32 Å². The Bertz CT molecular complexity index is 692. The topological polar surface area (TPSA) is 58.9 Å². The minimum Gasteiger partial charge on any atom is -0.309 e. The number of nitrogens with one attached hydrogen (secondary N) is 1. The summed E-state index contributed by atoms with van der Waals surface area (Å²) in [4.78, 5) is 2.22. The highest BCUT2D eigenvalue weighted by Crippen LogP contribution is 2.29. The van der Waals surface area contributed by atoms with Crippen LogP contribution in [0.25, 0.3) is 5.69 Å². The van der Waals surface area contributed by atoms with Crippen LogP contribution in [-0.2, 0) is 12.7 Å². The van der Waals surface area contributed by atoms with Gasteiger partial charge in [-0.05, 0) is 48.5 Å². The summed E-state index contributed by atoms with van der Waals surface area (Å²) in [6.07, 6.45) is -4.35. The van der Waals surface area contributed by atoms with Gasteiger partial charge >= 0.3 is 6.18 Å². The van der Waals surface area contributed by atoms with Crippen LogP contribution in [0.4, 0.5) is 13.2 Å². The minimum atomic E-state index is -4.35. The Kier molecular flexibility index (Phi) is 4.31. The lowest BCUT2D eigenvalue weighted by Gasteiger charge is -2.38. The molecule has 0 spiro atoms. The number of piperazine rings is 1. The Morgan fingerprint density at radius 3 is 2.54 bits per heavy atom. The maximum Gasteiger partial charge on any atom is 0.416 e. The highest BCUT2D eigenvalue weighted by atomic mass is 19.4. The second-order valence-corrected chi connectivity index (χ2v) is 6.57. The largest absolute Gasteiger partial charge is 0.416 e. The van der Waals surface area contributed by atoms with Gasteiger partial charge in [0.1, 0.15) is 0 Å². The maximum atomic E-state index is 12.7. The van der Waals surface area contributed by atoms with Gasteiger partial charge in [0.15, 0.2) is 5.82 Å². The van der Waals surface area contributed by atoms with Gasteiger partial charge in [-0.15, -0.1) is 5.10 Å². The zero-order valence-corrected chi connectivity index (χ0v) is 13.5. The number of tetrazole rings is 1. The predicted octanol–water partition coefficient (Wildman–Crippen LogP) is 1.86. The van der Waals surface area contributed by atoms with E-state index in [1.54, 1.807) is 0 Å². The molecule has 24 heavy (non-hydrogen) atoms. The lowest BCUT2D eigenvalue weighted by atomic mass is 10.0. The fraction of sp³-hybridized carbons (Fsp3) is 0.533. The summed E-state index contributed by atoms with van der Waals surface area (Å²) in [5.41, 5.74) is -0.174. The van der Waals surface area contributed by atoms with E-state index in [1.165, 1.54) is 16.8 Å². The second-order valence-electron chi connectivity index (χ2n) is 6.57. The van der Waals surface area contributed by atoms with E-state index in [9.17, 15) is 13.2 Å². The average Bonchev–Trinajstić information content (AvgIpc) is 2.93. The molecule has 1 fully saturated rings. The molecule has 0 amide bonds. The van der Waals surface area contributed by atoms with Crippen LogP contribution < -0.4 is 5.32 Å². The lowest BCUT2D eigenvalue weighted by molar-refractivity contribution is -0.137. The molecular formula is C15H19F3N6. The highest BCUT2D eigenvalue weighted by Gasteiger charge is 2.30. The van der Waals surface area contributed by atoms with E-state index < -0.39 is 11.7 Å². The third-order valence-corrected chi connectivity index (χ3v) is 3.99. The summed E-state index contributed by atoms with van der Waals surface area (Å²) in [7, 11) is 0. The SMILES string of the molecule is CC1(C)CN(Cc2nnnn2-c2ccc(C(F)(F)F)cc2)CCN1. The molecule has 0 bridgehead atoms. The Morgan fingerprint density at radius 1 is 1.21 bits per heavy atom. The average molecular weight is 340 g/mol. The Morgan fingerprint density at radius 2 is 1.92 bits per heavy atom. The molecular weight excluding hydrogens is 321 g/mol. The molecule has 2 aromatic rings. The van der Waals surface area contributed by atoms with Crippen molar-refractivity contribution in [3.63, 3.8) is 0 Å². The maximum absolute atomic E-state index is 12.7. The number of hydrogen-bond acceptors (Lipinski definition) is 5. The van der Waals surface area contributed by atoms with E-state index in [-0.39, 0.29) is 5.54 Å². The van der Waals surface area contributed by atoms with Crippen molar-refractivity contribution in [1.82, 2.24) is 30.4 Å². The smallest absolute Gasteiger partial charge is 0.309 e. The van der Waals surface area contributed by atoms with Gasteiger partial charge in [0.2, 0.25) is 0 Å². The monoisotopic (exact) mass is 340 g/mol. The van der Waals surface area contributed by atoms with Crippen molar-refractivity contribution in [1.29, 1.82) is 0 Å². The Hall–Kier alpha value is -2.00. The summed E-state index contributed by atoms with van der Waals surface area (Å²) in [5.74, 6) is 0.604. The lowest BCUT2D eigenvalue weighted by Crippen LogP contribution is -2.56. The van der Waals surface area contributed by atoms with Gasteiger partial charge in [-0.2, -0.15) is 17.9 Å². The first-order chi connectivity index (χ1) is 11.2. The summed E-state index contributed by atoms with van der Waals surface area (Å²) in [6.45, 7) is 7.36. The first kappa shape index (κ1) is 16.8. The van der Waals surface area contributed by atoms with E-state index in [1.807, 2.05) is 0 Å². The first-order valence-electron chi connectivity index (χ1n) is 7.67. The number of rotatable bonds is 3. The highest BCUT2D eigenvalue weighted by molar-refractivity contribution is 5.35. The summed E-state index contributed by atoms with van der Waals surface area (Å²) < 4.78 is 39.5. The van der Waals surface area contributed by atoms with E-state index in [0.717, 1.165) is 31.8 Å². The molecule has 0 aliphatic carbocycles. The van der Waals surface area contributed by atoms with Crippen LogP contribution in [-0.4, -0.2) is 50.3 Å². The fourth-order valence-corrected chi connectivity index (χ4v) is 2.88. The predicted molar refractivity (Wildman–Crippen MR) is 81.5 cm³/mol. The zero-order valence-electron chi connectivity index (χ0n) is 13.5. The Balaban J connectivity index is 1.78. The van der Waals surface area contributed by atoms with E-state index in [2.05, 4.69) is 39.6 Å². The Labute approximate surface area is 137 Å². The summed E-state index contributed by atoms with van der Waals surface area (Å²) >= 11 is 0. The van der Waals surface area contributed by atoms with Crippen molar-refractivity contribution in [2.75, 3.05) is 19.6 Å². The number of halogens is 3. The van der Waals surface area contributed by atoms with Crippen LogP contribution in [0.2, 0.25) is 0 Å². The minimum absolute atomic E-state index is 0.00485. The molecule has 1 N–H and O–H groups in total. The van der Waals surface area contributed by atoms with Gasteiger partial charge in [0.25, 0.3) is 0 Å². The quantitative estimate of drug-likeness (QED) is 0.924. The van der Waals surface area contributed by atoms with Gasteiger partial charge in [-0.25, -0.2) is 0 Å². The molecule has 1 aliphatic rings. The van der Waals surface area contributed by atoms with Gasteiger partial charge in [0, 0.05) is 25.2 Å². The van der Waals surface area contributed by atoms with Crippen LogP contribution in [0.15, 0.2) is 24.3 Å². The van der Waals surface area contributed by atoms with Gasteiger partial charge in [-0.1, -0.05) is 0 Å².